The zero-order chi connectivity index (χ0) is 26.0. The lowest BCUT2D eigenvalue weighted by Gasteiger charge is -2.24. The molecule has 0 radical (unpaired) electrons. The third kappa shape index (κ3) is 21.6. The summed E-state index contributed by atoms with van der Waals surface area (Å²) < 4.78 is 5.24. The summed E-state index contributed by atoms with van der Waals surface area (Å²) in [5.41, 5.74) is -1.91. The van der Waals surface area contributed by atoms with Gasteiger partial charge in [0.15, 0.2) is 5.60 Å². The van der Waals surface area contributed by atoms with E-state index in [9.17, 15) is 14.7 Å². The largest absolute Gasteiger partial charge is 0.481 e. The molecule has 5 nitrogen and oxygen atoms in total. The second-order valence-corrected chi connectivity index (χ2v) is 10.2. The molecule has 0 bridgehead atoms. The molecule has 0 rings (SSSR count). The number of carbonyl (C=O) groups excluding carboxylic acids is 1. The van der Waals surface area contributed by atoms with Crippen molar-refractivity contribution in [2.75, 3.05) is 6.61 Å². The summed E-state index contributed by atoms with van der Waals surface area (Å²) in [5, 5.41) is 19.8. The van der Waals surface area contributed by atoms with Crippen LogP contribution in [0.3, 0.4) is 0 Å². The molecule has 2 N–H and O–H groups in total. The quantitative estimate of drug-likeness (QED) is 0.0712. The highest BCUT2D eigenvalue weighted by Gasteiger charge is 2.39. The van der Waals surface area contributed by atoms with Crippen molar-refractivity contribution < 1.29 is 24.5 Å². The number of hydrogen-bond acceptors (Lipinski definition) is 4. The second-order valence-electron chi connectivity index (χ2n) is 10.2. The molecule has 0 aromatic carbocycles. The van der Waals surface area contributed by atoms with E-state index in [1.165, 1.54) is 77.0 Å². The first-order valence-corrected chi connectivity index (χ1v) is 14.7. The van der Waals surface area contributed by atoms with Gasteiger partial charge in [-0.1, -0.05) is 116 Å². The van der Waals surface area contributed by atoms with E-state index < -0.39 is 24.0 Å². The van der Waals surface area contributed by atoms with Crippen molar-refractivity contribution in [3.05, 3.63) is 12.2 Å². The molecule has 0 amide bonds. The molecule has 0 saturated carbocycles. The van der Waals surface area contributed by atoms with Crippen LogP contribution >= 0.6 is 0 Å². The average molecular weight is 497 g/mol. The van der Waals surface area contributed by atoms with Crippen molar-refractivity contribution >= 4 is 11.9 Å². The maximum absolute atomic E-state index is 12.4. The Morgan fingerprint density at radius 2 is 1.09 bits per heavy atom. The highest BCUT2D eigenvalue weighted by molar-refractivity contribution is 5.85. The SMILES string of the molecule is CCCCCCCC/C=C\CCCCCCCCC(O)(CC(=O)O)C(=O)OCCCCCCCC. The molecule has 35 heavy (non-hydrogen) atoms. The van der Waals surface area contributed by atoms with Crippen LogP contribution < -0.4 is 0 Å². The summed E-state index contributed by atoms with van der Waals surface area (Å²) >= 11 is 0. The first-order chi connectivity index (χ1) is 17.0. The molecular formula is C30H56O5. The van der Waals surface area contributed by atoms with Crippen LogP contribution in [0.5, 0.6) is 0 Å². The predicted molar refractivity (Wildman–Crippen MR) is 146 cm³/mol. The number of rotatable bonds is 26. The molecule has 0 aromatic rings. The van der Waals surface area contributed by atoms with Crippen molar-refractivity contribution in [1.29, 1.82) is 0 Å². The monoisotopic (exact) mass is 496 g/mol. The molecule has 0 spiro atoms. The fourth-order valence-electron chi connectivity index (χ4n) is 4.36. The number of carboxylic acid groups (broad SMARTS) is 1. The van der Waals surface area contributed by atoms with Gasteiger partial charge in [-0.25, -0.2) is 4.79 Å². The topological polar surface area (TPSA) is 83.8 Å². The van der Waals surface area contributed by atoms with Crippen LogP contribution in [0.4, 0.5) is 0 Å². The number of allylic oxidation sites excluding steroid dienone is 2. The minimum Gasteiger partial charge on any atom is -0.481 e. The van der Waals surface area contributed by atoms with Gasteiger partial charge in [0.05, 0.1) is 13.0 Å². The number of hydrogen-bond donors (Lipinski definition) is 2. The molecule has 0 aliphatic rings. The van der Waals surface area contributed by atoms with E-state index in [4.69, 9.17) is 9.84 Å². The highest BCUT2D eigenvalue weighted by Crippen LogP contribution is 2.22. The summed E-state index contributed by atoms with van der Waals surface area (Å²) in [5.74, 6) is -1.95. The van der Waals surface area contributed by atoms with Gasteiger partial charge in [-0.2, -0.15) is 0 Å². The summed E-state index contributed by atoms with van der Waals surface area (Å²) in [6.07, 6.45) is 27.1. The Bertz CT molecular complexity index is 531. The van der Waals surface area contributed by atoms with E-state index in [1.807, 2.05) is 0 Å². The van der Waals surface area contributed by atoms with Gasteiger partial charge in [0.1, 0.15) is 0 Å². The molecule has 0 aromatic heterocycles. The van der Waals surface area contributed by atoms with Crippen molar-refractivity contribution in [3.63, 3.8) is 0 Å². The lowest BCUT2D eigenvalue weighted by Crippen LogP contribution is -2.42. The summed E-state index contributed by atoms with van der Waals surface area (Å²) in [7, 11) is 0. The zero-order valence-electron chi connectivity index (χ0n) is 23.0. The first-order valence-electron chi connectivity index (χ1n) is 14.7. The van der Waals surface area contributed by atoms with Crippen LogP contribution in [-0.2, 0) is 14.3 Å². The number of aliphatic hydroxyl groups is 1. The minimum absolute atomic E-state index is 0.149. The number of esters is 1. The standard InChI is InChI=1S/C30H56O5/c1-3-5-7-9-11-12-13-14-15-16-17-18-19-20-21-23-25-30(34,27-28(31)32)29(33)35-26-24-22-10-8-6-4-2/h14-15,34H,3-13,16-27H2,1-2H3,(H,31,32)/b15-14-. The van der Waals surface area contributed by atoms with Gasteiger partial charge in [0.2, 0.25) is 0 Å². The average Bonchev–Trinajstić information content (AvgIpc) is 2.82. The van der Waals surface area contributed by atoms with E-state index in [2.05, 4.69) is 26.0 Å². The van der Waals surface area contributed by atoms with Gasteiger partial charge in [0, 0.05) is 0 Å². The Morgan fingerprint density at radius 3 is 1.57 bits per heavy atom. The first kappa shape index (κ1) is 33.6. The van der Waals surface area contributed by atoms with Crippen LogP contribution in [0.2, 0.25) is 0 Å². The Morgan fingerprint density at radius 1 is 0.657 bits per heavy atom. The van der Waals surface area contributed by atoms with E-state index in [1.54, 1.807) is 0 Å². The van der Waals surface area contributed by atoms with E-state index in [-0.39, 0.29) is 13.0 Å². The van der Waals surface area contributed by atoms with Gasteiger partial charge in [-0.15, -0.1) is 0 Å². The fourth-order valence-corrected chi connectivity index (χ4v) is 4.36. The van der Waals surface area contributed by atoms with E-state index >= 15 is 0 Å². The highest BCUT2D eigenvalue weighted by atomic mass is 16.5. The molecule has 0 aliphatic carbocycles. The van der Waals surface area contributed by atoms with Crippen LogP contribution in [0.1, 0.15) is 155 Å². The van der Waals surface area contributed by atoms with Crippen LogP contribution in [0.25, 0.3) is 0 Å². The normalized spacial score (nSPS) is 13.2. The Labute approximate surface area is 216 Å². The third-order valence-corrected chi connectivity index (χ3v) is 6.66. The Hall–Kier alpha value is -1.36. The summed E-state index contributed by atoms with van der Waals surface area (Å²) in [6.45, 7) is 4.67. The Balaban J connectivity index is 3.86. The molecule has 1 unspecified atom stereocenters. The molecule has 206 valence electrons. The number of carboxylic acids is 1. The number of unbranched alkanes of at least 4 members (excludes halogenated alkanes) is 17. The van der Waals surface area contributed by atoms with Crippen molar-refractivity contribution in [3.8, 4) is 0 Å². The molecular weight excluding hydrogens is 440 g/mol. The number of ether oxygens (including phenoxy) is 1. The van der Waals surface area contributed by atoms with Gasteiger partial charge in [-0.05, 0) is 44.9 Å². The van der Waals surface area contributed by atoms with Gasteiger partial charge in [0.25, 0.3) is 0 Å². The maximum Gasteiger partial charge on any atom is 0.338 e. The summed E-state index contributed by atoms with van der Waals surface area (Å²) in [6, 6.07) is 0. The van der Waals surface area contributed by atoms with Crippen molar-refractivity contribution in [2.24, 2.45) is 0 Å². The molecule has 5 heteroatoms. The number of carbonyl (C=O) groups is 2. The molecule has 0 aliphatic heterocycles. The third-order valence-electron chi connectivity index (χ3n) is 6.66. The lowest BCUT2D eigenvalue weighted by molar-refractivity contribution is -0.172. The molecule has 0 saturated heterocycles. The van der Waals surface area contributed by atoms with Crippen LogP contribution in [-0.4, -0.2) is 34.4 Å². The maximum atomic E-state index is 12.4. The second kappa shape index (κ2) is 24.3. The Kier molecular flexibility index (Phi) is 23.4. The zero-order valence-corrected chi connectivity index (χ0v) is 23.0. The fraction of sp³-hybridized carbons (Fsp3) is 0.867. The summed E-state index contributed by atoms with van der Waals surface area (Å²) in [4.78, 5) is 23.6. The van der Waals surface area contributed by atoms with Crippen LogP contribution in [0.15, 0.2) is 12.2 Å². The van der Waals surface area contributed by atoms with E-state index in [0.717, 1.165) is 44.9 Å². The van der Waals surface area contributed by atoms with Gasteiger partial charge in [-0.3, -0.25) is 4.79 Å². The number of aliphatic carboxylic acids is 1. The molecule has 1 atom stereocenters. The lowest BCUT2D eigenvalue weighted by atomic mass is 9.92. The van der Waals surface area contributed by atoms with Crippen molar-refractivity contribution in [1.82, 2.24) is 0 Å². The molecule has 0 heterocycles. The predicted octanol–water partition coefficient (Wildman–Crippen LogP) is 8.52. The minimum atomic E-state index is -1.91. The molecule has 0 fully saturated rings. The van der Waals surface area contributed by atoms with Crippen molar-refractivity contribution in [2.45, 2.75) is 161 Å². The van der Waals surface area contributed by atoms with Crippen LogP contribution in [0, 0.1) is 0 Å². The van der Waals surface area contributed by atoms with Gasteiger partial charge < -0.3 is 14.9 Å². The van der Waals surface area contributed by atoms with E-state index in [0.29, 0.717) is 6.42 Å². The van der Waals surface area contributed by atoms with Gasteiger partial charge >= 0.3 is 11.9 Å². The smallest absolute Gasteiger partial charge is 0.338 e.